The van der Waals surface area contributed by atoms with E-state index in [0.717, 1.165) is 18.2 Å². The Morgan fingerprint density at radius 1 is 0.756 bits per heavy atom. The van der Waals surface area contributed by atoms with Crippen molar-refractivity contribution in [1.29, 1.82) is 0 Å². The van der Waals surface area contributed by atoms with Crippen LogP contribution in [-0.4, -0.2) is 89.2 Å². The number of fused-ring (bicyclic) bond motifs is 6. The van der Waals surface area contributed by atoms with E-state index < -0.39 is 112 Å². The predicted octanol–water partition coefficient (Wildman–Crippen LogP) is 0.959. The number of aromatic hydroxyl groups is 6. The van der Waals surface area contributed by atoms with Crippen LogP contribution in [0, 0.1) is 0 Å². The van der Waals surface area contributed by atoms with Gasteiger partial charge in [0.05, 0.1) is 6.42 Å². The van der Waals surface area contributed by atoms with E-state index in [4.69, 9.17) is 18.6 Å². The van der Waals surface area contributed by atoms with Gasteiger partial charge in [-0.15, -0.1) is 0 Å². The maximum absolute atomic E-state index is 13.4. The van der Waals surface area contributed by atoms with E-state index in [9.17, 15) is 55.5 Å². The van der Waals surface area contributed by atoms with Gasteiger partial charge in [0.25, 0.3) is 0 Å². The normalized spacial score (nSPS) is 25.1. The van der Waals surface area contributed by atoms with E-state index in [1.807, 2.05) is 0 Å². The second kappa shape index (κ2) is 11.0. The molecule has 1 aromatic heterocycles. The summed E-state index contributed by atoms with van der Waals surface area (Å²) in [5.41, 5.74) is -1.81. The second-order valence-electron chi connectivity index (χ2n) is 10.6. The molecular weight excluding hydrogens is 600 g/mol. The van der Waals surface area contributed by atoms with E-state index in [-0.39, 0.29) is 16.9 Å². The highest BCUT2D eigenvalue weighted by molar-refractivity contribution is 5.92. The summed E-state index contributed by atoms with van der Waals surface area (Å²) in [5.74, 6) is -7.66. The van der Waals surface area contributed by atoms with E-state index in [1.54, 1.807) is 0 Å². The molecule has 0 unspecified atom stereocenters. The standard InChI is InChI=1S/C30H26O15/c31-12-3-1-10(2-4-12)13-7-19(35)42-9-18-23(37)25(39)27(41)30(44-18)43-17-6-11(5-16(34)22(17)36)28-26(40)24(38)21-15(33)8-14(32)20(13)29(21)45-28/h1-6,8,13,18,23,25,27,30-34,36-37,39-41H,7,9H2/t13-,18-,23+,25-,27-,30-/m0/s1. The van der Waals surface area contributed by atoms with Crippen LogP contribution < -0.4 is 10.2 Å². The van der Waals surface area contributed by atoms with Gasteiger partial charge in [-0.2, -0.15) is 0 Å². The van der Waals surface area contributed by atoms with E-state index >= 15 is 0 Å². The van der Waals surface area contributed by atoms with Gasteiger partial charge in [-0.25, -0.2) is 0 Å². The summed E-state index contributed by atoms with van der Waals surface area (Å²) in [4.78, 5) is 26.7. The average molecular weight is 627 g/mol. The molecule has 3 aromatic carbocycles. The zero-order chi connectivity index (χ0) is 32.3. The third-order valence-corrected chi connectivity index (χ3v) is 7.79. The molecule has 236 valence electrons. The molecule has 0 spiro atoms. The predicted molar refractivity (Wildman–Crippen MR) is 149 cm³/mol. The number of hydrogen-bond donors (Lipinski definition) is 9. The number of hydrogen-bond acceptors (Lipinski definition) is 15. The Bertz CT molecular complexity index is 1860. The van der Waals surface area contributed by atoms with Crippen molar-refractivity contribution in [3.8, 4) is 51.6 Å². The van der Waals surface area contributed by atoms with Crippen LogP contribution in [0.1, 0.15) is 23.5 Å². The number of carbonyl (C=O) groups is 1. The molecular formula is C30H26O15. The molecule has 1 saturated heterocycles. The Hall–Kier alpha value is -5.22. The summed E-state index contributed by atoms with van der Waals surface area (Å²) >= 11 is 0. The molecule has 6 rings (SSSR count). The zero-order valence-corrected chi connectivity index (χ0v) is 22.9. The van der Waals surface area contributed by atoms with Crippen LogP contribution in [-0.2, 0) is 14.3 Å². The molecule has 0 amide bonds. The number of rotatable bonds is 1. The summed E-state index contributed by atoms with van der Waals surface area (Å²) in [6, 6.07) is 8.14. The van der Waals surface area contributed by atoms with Crippen molar-refractivity contribution in [1.82, 2.24) is 0 Å². The van der Waals surface area contributed by atoms with E-state index in [1.165, 1.54) is 24.3 Å². The molecule has 45 heavy (non-hydrogen) atoms. The van der Waals surface area contributed by atoms with Gasteiger partial charge < -0.3 is 64.6 Å². The second-order valence-corrected chi connectivity index (χ2v) is 10.6. The number of esters is 1. The van der Waals surface area contributed by atoms with Gasteiger partial charge in [0.2, 0.25) is 23.2 Å². The fourth-order valence-corrected chi connectivity index (χ4v) is 5.46. The first-order chi connectivity index (χ1) is 21.3. The van der Waals surface area contributed by atoms with Gasteiger partial charge in [-0.05, 0) is 29.8 Å². The lowest BCUT2D eigenvalue weighted by molar-refractivity contribution is -0.278. The van der Waals surface area contributed by atoms with Gasteiger partial charge in [-0.3, -0.25) is 9.59 Å². The molecule has 0 saturated carbocycles. The van der Waals surface area contributed by atoms with Crippen molar-refractivity contribution < 1.29 is 69.4 Å². The number of aliphatic hydroxyl groups is 3. The number of benzene rings is 3. The van der Waals surface area contributed by atoms with Crippen molar-refractivity contribution in [2.45, 2.75) is 43.0 Å². The van der Waals surface area contributed by atoms with Crippen LogP contribution in [0.5, 0.6) is 40.2 Å². The number of aliphatic hydroxyl groups excluding tert-OH is 3. The van der Waals surface area contributed by atoms with Crippen molar-refractivity contribution in [3.05, 3.63) is 63.8 Å². The van der Waals surface area contributed by atoms with Crippen LogP contribution in [0.4, 0.5) is 0 Å². The fraction of sp³-hybridized carbons (Fsp3) is 0.267. The Labute approximate surface area is 251 Å². The van der Waals surface area contributed by atoms with E-state index in [2.05, 4.69) is 0 Å². The number of phenols is 5. The third-order valence-electron chi connectivity index (χ3n) is 7.79. The summed E-state index contributed by atoms with van der Waals surface area (Å²) in [6.45, 7) is -0.668. The first-order valence-electron chi connectivity index (χ1n) is 13.5. The Morgan fingerprint density at radius 2 is 1.47 bits per heavy atom. The molecule has 3 heterocycles. The zero-order valence-electron chi connectivity index (χ0n) is 22.9. The molecule has 15 heteroatoms. The lowest BCUT2D eigenvalue weighted by Gasteiger charge is -2.40. The Balaban J connectivity index is 1.65. The first kappa shape index (κ1) is 29.8. The number of ether oxygens (including phenoxy) is 3. The molecule has 1 fully saturated rings. The van der Waals surface area contributed by atoms with Crippen molar-refractivity contribution in [2.75, 3.05) is 6.61 Å². The lowest BCUT2D eigenvalue weighted by Crippen LogP contribution is -2.60. The van der Waals surface area contributed by atoms with Crippen LogP contribution in [0.3, 0.4) is 0 Å². The molecule has 0 aliphatic carbocycles. The molecule has 0 radical (unpaired) electrons. The van der Waals surface area contributed by atoms with Crippen LogP contribution >= 0.6 is 0 Å². The Morgan fingerprint density at radius 3 is 2.18 bits per heavy atom. The SMILES string of the molecule is O=C1C[C@@H](c2ccc(O)cc2)c2c(O)cc(O)c3c(=O)c(O)c(oc23)-c2cc(O)c(O)c(c2)O[C@H]2O[C@@H](CO1)[C@@H](O)[C@H](O)[C@@H]2O. The van der Waals surface area contributed by atoms with Crippen molar-refractivity contribution in [3.63, 3.8) is 0 Å². The molecule has 9 N–H and O–H groups in total. The van der Waals surface area contributed by atoms with Gasteiger partial charge in [0, 0.05) is 23.1 Å². The summed E-state index contributed by atoms with van der Waals surface area (Å²) in [5, 5.41) is 94.4. The summed E-state index contributed by atoms with van der Waals surface area (Å²) < 4.78 is 22.3. The van der Waals surface area contributed by atoms with Crippen molar-refractivity contribution in [2.24, 2.45) is 0 Å². The minimum atomic E-state index is -1.91. The lowest BCUT2D eigenvalue weighted by atomic mass is 9.86. The maximum atomic E-state index is 13.4. The van der Waals surface area contributed by atoms with Gasteiger partial charge in [0.15, 0.2) is 17.3 Å². The molecule has 6 atom stereocenters. The van der Waals surface area contributed by atoms with Crippen LogP contribution in [0.2, 0.25) is 0 Å². The molecule has 4 aromatic rings. The van der Waals surface area contributed by atoms with Gasteiger partial charge in [-0.1, -0.05) is 12.1 Å². The summed E-state index contributed by atoms with van der Waals surface area (Å²) in [6.07, 6.45) is -9.37. The smallest absolute Gasteiger partial charge is 0.306 e. The van der Waals surface area contributed by atoms with Gasteiger partial charge >= 0.3 is 5.97 Å². The molecule has 15 nitrogen and oxygen atoms in total. The fourth-order valence-electron chi connectivity index (χ4n) is 5.46. The number of phenolic OH excluding ortho intramolecular Hbond substituents is 5. The van der Waals surface area contributed by atoms with E-state index in [0.29, 0.717) is 5.56 Å². The average Bonchev–Trinajstić information content (AvgIpc) is 2.99. The van der Waals surface area contributed by atoms with Gasteiger partial charge in [0.1, 0.15) is 59.2 Å². The monoisotopic (exact) mass is 626 g/mol. The molecule has 2 aliphatic rings. The maximum Gasteiger partial charge on any atom is 0.306 e. The summed E-state index contributed by atoms with van der Waals surface area (Å²) in [7, 11) is 0. The Kier molecular flexibility index (Phi) is 7.33. The number of carbonyl (C=O) groups excluding carboxylic acids is 1. The third kappa shape index (κ3) is 5.06. The quantitative estimate of drug-likeness (QED) is 0.105. The molecule has 6 bridgehead atoms. The highest BCUT2D eigenvalue weighted by Gasteiger charge is 2.46. The highest BCUT2D eigenvalue weighted by Crippen LogP contribution is 2.47. The molecule has 2 aliphatic heterocycles. The van der Waals surface area contributed by atoms with Crippen LogP contribution in [0.15, 0.2) is 51.7 Å². The first-order valence-corrected chi connectivity index (χ1v) is 13.5. The van der Waals surface area contributed by atoms with Crippen molar-refractivity contribution >= 4 is 16.9 Å². The minimum Gasteiger partial charge on any atom is -0.508 e. The minimum absolute atomic E-state index is 0.128. The van der Waals surface area contributed by atoms with Crippen LogP contribution in [0.25, 0.3) is 22.3 Å². The topological polar surface area (TPSA) is 257 Å². The largest absolute Gasteiger partial charge is 0.508 e. The highest BCUT2D eigenvalue weighted by atomic mass is 16.7. The number of cyclic esters (lactones) is 1.